The Morgan fingerprint density at radius 2 is 1.62 bits per heavy atom. The molecule has 5 fully saturated rings. The molecule has 1 aliphatic heterocycles. The Morgan fingerprint density at radius 3 is 2.27 bits per heavy atom. The number of furan rings is 1. The Bertz CT molecular complexity index is 838. The first kappa shape index (κ1) is 15.3. The Balaban J connectivity index is 1.34. The Morgan fingerprint density at radius 1 is 0.962 bits per heavy atom. The first-order chi connectivity index (χ1) is 12.7. The smallest absolute Gasteiger partial charge is 0.204 e. The zero-order valence-corrected chi connectivity index (χ0v) is 15.4. The van der Waals surface area contributed by atoms with E-state index in [4.69, 9.17) is 4.42 Å². The molecule has 0 spiro atoms. The van der Waals surface area contributed by atoms with Gasteiger partial charge in [-0.15, -0.1) is 0 Å². The molecule has 4 saturated carbocycles. The number of Topliss-reactive ketones (excluding diaryl/α,β-unsaturated/α-hetero) is 1. The fraction of sp³-hybridized carbons (Fsp3) is 0.609. The quantitative estimate of drug-likeness (QED) is 0.693. The molecule has 3 nitrogen and oxygen atoms in total. The first-order valence-electron chi connectivity index (χ1n) is 10.5. The second-order valence-electron chi connectivity index (χ2n) is 9.55. The predicted molar refractivity (Wildman–Crippen MR) is 103 cm³/mol. The highest BCUT2D eigenvalue weighted by molar-refractivity contribution is 6.02. The van der Waals surface area contributed by atoms with E-state index in [2.05, 4.69) is 23.1 Å². The molecule has 3 heteroatoms. The summed E-state index contributed by atoms with van der Waals surface area (Å²) in [7, 11) is 0. The molecular weight excluding hydrogens is 322 g/mol. The zero-order valence-electron chi connectivity index (χ0n) is 15.4. The van der Waals surface area contributed by atoms with Crippen LogP contribution >= 0.6 is 0 Å². The number of carbonyl (C=O) groups excluding carboxylic acids is 1. The molecular formula is C23H27NO2. The van der Waals surface area contributed by atoms with Gasteiger partial charge >= 0.3 is 0 Å². The normalized spacial score (nSPS) is 35.5. The average molecular weight is 349 g/mol. The topological polar surface area (TPSA) is 33.5 Å². The van der Waals surface area contributed by atoms with E-state index >= 15 is 0 Å². The van der Waals surface area contributed by atoms with E-state index in [1.807, 2.05) is 6.07 Å². The fourth-order valence-corrected chi connectivity index (χ4v) is 6.95. The van der Waals surface area contributed by atoms with Crippen LogP contribution in [0.5, 0.6) is 0 Å². The lowest BCUT2D eigenvalue weighted by molar-refractivity contribution is -0.0364. The SMILES string of the molecule is O=C(c1cc2ccc(N3CCCC3)cc2o1)C12CC3CC(CC(C3)C1)C2. The lowest BCUT2D eigenvalue weighted by atomic mass is 9.48. The number of nitrogens with zero attached hydrogens (tertiary/aromatic N) is 1. The van der Waals surface area contributed by atoms with Gasteiger partial charge in [0.1, 0.15) is 5.58 Å². The molecule has 2 aromatic rings. The third-order valence-corrected chi connectivity index (χ3v) is 7.72. The molecule has 0 unspecified atom stereocenters. The van der Waals surface area contributed by atoms with Gasteiger partial charge in [-0.05, 0) is 87.3 Å². The van der Waals surface area contributed by atoms with Crippen LogP contribution in [0, 0.1) is 23.2 Å². The second-order valence-corrected chi connectivity index (χ2v) is 9.55. The summed E-state index contributed by atoms with van der Waals surface area (Å²) in [6.45, 7) is 2.26. The molecule has 4 aliphatic carbocycles. The van der Waals surface area contributed by atoms with E-state index in [1.165, 1.54) is 37.8 Å². The fourth-order valence-electron chi connectivity index (χ4n) is 6.95. The van der Waals surface area contributed by atoms with Crippen molar-refractivity contribution in [1.29, 1.82) is 0 Å². The van der Waals surface area contributed by atoms with Crippen molar-refractivity contribution in [2.24, 2.45) is 23.2 Å². The number of carbonyl (C=O) groups is 1. The van der Waals surface area contributed by atoms with Crippen molar-refractivity contribution >= 4 is 22.4 Å². The number of rotatable bonds is 3. The Labute approximate surface area is 154 Å². The maximum Gasteiger partial charge on any atom is 0.204 e. The van der Waals surface area contributed by atoms with Crippen molar-refractivity contribution < 1.29 is 9.21 Å². The molecule has 136 valence electrons. The van der Waals surface area contributed by atoms with Crippen LogP contribution < -0.4 is 4.90 Å². The van der Waals surface area contributed by atoms with Crippen LogP contribution in [-0.2, 0) is 0 Å². The summed E-state index contributed by atoms with van der Waals surface area (Å²) in [6, 6.07) is 8.45. The van der Waals surface area contributed by atoms with Crippen molar-refractivity contribution in [1.82, 2.24) is 0 Å². The van der Waals surface area contributed by atoms with E-state index in [-0.39, 0.29) is 5.41 Å². The van der Waals surface area contributed by atoms with Crippen molar-refractivity contribution in [3.8, 4) is 0 Å². The number of hydrogen-bond donors (Lipinski definition) is 0. The third-order valence-electron chi connectivity index (χ3n) is 7.72. The van der Waals surface area contributed by atoms with Gasteiger partial charge in [-0.3, -0.25) is 4.79 Å². The molecule has 0 amide bonds. The number of ketones is 1. The highest BCUT2D eigenvalue weighted by atomic mass is 16.3. The van der Waals surface area contributed by atoms with Gasteiger partial charge in [0, 0.05) is 35.6 Å². The summed E-state index contributed by atoms with van der Waals surface area (Å²) in [5.41, 5.74) is 2.00. The Kier molecular flexibility index (Phi) is 3.16. The van der Waals surface area contributed by atoms with Crippen LogP contribution in [0.2, 0.25) is 0 Å². The molecule has 26 heavy (non-hydrogen) atoms. The van der Waals surface area contributed by atoms with E-state index < -0.39 is 0 Å². The monoisotopic (exact) mass is 349 g/mol. The highest BCUT2D eigenvalue weighted by Crippen LogP contribution is 2.61. The van der Waals surface area contributed by atoms with E-state index in [1.54, 1.807) is 0 Å². The molecule has 1 aromatic heterocycles. The van der Waals surface area contributed by atoms with E-state index in [9.17, 15) is 4.79 Å². The standard InChI is InChI=1S/C23H27NO2/c25-22(23-12-15-7-16(13-23)9-17(8-15)14-23)21-10-18-3-4-19(11-20(18)26-21)24-5-1-2-6-24/h3-4,10-11,15-17H,1-2,5-9,12-14H2. The van der Waals surface area contributed by atoms with E-state index in [0.29, 0.717) is 11.5 Å². The van der Waals surface area contributed by atoms with Crippen LogP contribution in [0.3, 0.4) is 0 Å². The minimum Gasteiger partial charge on any atom is -0.453 e. The molecule has 1 saturated heterocycles. The van der Waals surface area contributed by atoms with Gasteiger partial charge in [0.05, 0.1) is 0 Å². The molecule has 0 radical (unpaired) electrons. The predicted octanol–water partition coefficient (Wildman–Crippen LogP) is 5.43. The lowest BCUT2D eigenvalue weighted by Crippen LogP contribution is -2.49. The van der Waals surface area contributed by atoms with Gasteiger partial charge in [0.25, 0.3) is 0 Å². The van der Waals surface area contributed by atoms with Gasteiger partial charge < -0.3 is 9.32 Å². The lowest BCUT2D eigenvalue weighted by Gasteiger charge is -2.55. The maximum absolute atomic E-state index is 13.5. The Hall–Kier alpha value is -1.77. The summed E-state index contributed by atoms with van der Waals surface area (Å²) in [5.74, 6) is 3.28. The molecule has 4 bridgehead atoms. The van der Waals surface area contributed by atoms with Crippen molar-refractivity contribution in [2.75, 3.05) is 18.0 Å². The second kappa shape index (κ2) is 5.37. The molecule has 1 aromatic carbocycles. The van der Waals surface area contributed by atoms with Crippen molar-refractivity contribution in [3.05, 3.63) is 30.0 Å². The van der Waals surface area contributed by atoms with Crippen LogP contribution in [0.25, 0.3) is 11.0 Å². The number of fused-ring (bicyclic) bond motifs is 1. The maximum atomic E-state index is 13.5. The van der Waals surface area contributed by atoms with Crippen LogP contribution in [0.1, 0.15) is 61.9 Å². The first-order valence-corrected chi connectivity index (χ1v) is 10.5. The van der Waals surface area contributed by atoms with Gasteiger partial charge in [0.2, 0.25) is 5.78 Å². The summed E-state index contributed by atoms with van der Waals surface area (Å²) >= 11 is 0. The van der Waals surface area contributed by atoms with E-state index in [0.717, 1.165) is 61.1 Å². The third kappa shape index (κ3) is 2.22. The van der Waals surface area contributed by atoms with Gasteiger partial charge in [-0.25, -0.2) is 0 Å². The van der Waals surface area contributed by atoms with Gasteiger partial charge in [-0.1, -0.05) is 0 Å². The number of anilines is 1. The van der Waals surface area contributed by atoms with Gasteiger partial charge in [-0.2, -0.15) is 0 Å². The molecule has 0 atom stereocenters. The van der Waals surface area contributed by atoms with Crippen LogP contribution in [-0.4, -0.2) is 18.9 Å². The zero-order chi connectivity index (χ0) is 17.3. The van der Waals surface area contributed by atoms with Crippen LogP contribution in [0.15, 0.2) is 28.7 Å². The summed E-state index contributed by atoms with van der Waals surface area (Å²) in [6.07, 6.45) is 9.96. The summed E-state index contributed by atoms with van der Waals surface area (Å²) in [5, 5.41) is 1.07. The number of benzene rings is 1. The number of hydrogen-bond acceptors (Lipinski definition) is 3. The molecule has 2 heterocycles. The minimum atomic E-state index is -0.111. The molecule has 7 rings (SSSR count). The van der Waals surface area contributed by atoms with Crippen LogP contribution in [0.4, 0.5) is 5.69 Å². The van der Waals surface area contributed by atoms with Crippen molar-refractivity contribution in [2.45, 2.75) is 51.4 Å². The summed E-state index contributed by atoms with van der Waals surface area (Å²) in [4.78, 5) is 15.9. The molecule has 0 N–H and O–H groups in total. The van der Waals surface area contributed by atoms with Crippen molar-refractivity contribution in [3.63, 3.8) is 0 Å². The van der Waals surface area contributed by atoms with Gasteiger partial charge in [0.15, 0.2) is 5.76 Å². The highest BCUT2D eigenvalue weighted by Gasteiger charge is 2.55. The summed E-state index contributed by atoms with van der Waals surface area (Å²) < 4.78 is 6.14. The largest absolute Gasteiger partial charge is 0.453 e. The average Bonchev–Trinajstić information content (AvgIpc) is 3.29. The molecule has 5 aliphatic rings. The minimum absolute atomic E-state index is 0.111.